The molecule has 0 saturated carbocycles. The number of benzene rings is 2. The van der Waals surface area contributed by atoms with Crippen LogP contribution in [0.2, 0.25) is 0 Å². The van der Waals surface area contributed by atoms with Crippen molar-refractivity contribution in [2.75, 3.05) is 4.90 Å². The summed E-state index contributed by atoms with van der Waals surface area (Å²) in [6.45, 7) is 7.03. The van der Waals surface area contributed by atoms with Gasteiger partial charge in [-0.15, -0.1) is 0 Å². The molecule has 8 heteroatoms. The summed E-state index contributed by atoms with van der Waals surface area (Å²) < 4.78 is 40.0. The van der Waals surface area contributed by atoms with Crippen LogP contribution in [0.4, 0.5) is 24.5 Å². The minimum Gasteiger partial charge on any atom is -0.268 e. The number of fused-ring (bicyclic) bond motifs is 1. The van der Waals surface area contributed by atoms with Gasteiger partial charge in [0.25, 0.3) is 11.8 Å². The summed E-state index contributed by atoms with van der Waals surface area (Å²) in [5, 5.41) is -0.0230. The van der Waals surface area contributed by atoms with Crippen LogP contribution in [-0.4, -0.2) is 11.8 Å². The molecule has 3 rings (SSSR count). The number of alkyl halides is 4. The second-order valence-electron chi connectivity index (χ2n) is 5.24. The number of amides is 2. The number of halogens is 4. The van der Waals surface area contributed by atoms with Gasteiger partial charge in [-0.25, -0.2) is 9.74 Å². The molecule has 0 aliphatic carbocycles. The topological polar surface area (TPSA) is 41.7 Å². The fraction of sp³-hybridized carbons (Fsp3) is 0.118. The van der Waals surface area contributed by atoms with E-state index in [1.54, 1.807) is 12.1 Å². The molecular weight excluding hydrogens is 401 g/mol. The van der Waals surface area contributed by atoms with Gasteiger partial charge in [0.2, 0.25) is 5.69 Å². The van der Waals surface area contributed by atoms with E-state index in [1.807, 2.05) is 0 Å². The van der Waals surface area contributed by atoms with Crippen molar-refractivity contribution in [3.8, 4) is 0 Å². The Balaban J connectivity index is 2.22. The third-order valence-electron chi connectivity index (χ3n) is 3.79. The van der Waals surface area contributed by atoms with Crippen LogP contribution in [-0.2, 0) is 11.5 Å². The molecule has 0 bridgehead atoms. The van der Waals surface area contributed by atoms with Gasteiger partial charge in [0.1, 0.15) is 0 Å². The van der Waals surface area contributed by atoms with E-state index >= 15 is 0 Å². The Kier molecular flexibility index (Phi) is 4.13. The van der Waals surface area contributed by atoms with Crippen molar-refractivity contribution in [3.05, 3.63) is 70.1 Å². The predicted octanol–water partition coefficient (Wildman–Crippen LogP) is 4.95. The van der Waals surface area contributed by atoms with Crippen LogP contribution in [0.5, 0.6) is 0 Å². The summed E-state index contributed by atoms with van der Waals surface area (Å²) in [4.78, 5) is 28.6. The minimum atomic E-state index is -4.79. The van der Waals surface area contributed by atoms with Gasteiger partial charge in [-0.05, 0) is 29.8 Å². The molecule has 2 aromatic rings. The zero-order chi connectivity index (χ0) is 18.4. The normalized spacial score (nSPS) is 13.8. The molecule has 0 radical (unpaired) electrons. The van der Waals surface area contributed by atoms with Gasteiger partial charge in [-0.1, -0.05) is 28.1 Å². The monoisotopic (exact) mass is 408 g/mol. The smallest absolute Gasteiger partial charge is 0.268 e. The first-order valence-corrected chi connectivity index (χ1v) is 8.07. The molecule has 1 aliphatic heterocycles. The summed E-state index contributed by atoms with van der Waals surface area (Å²) in [5.41, 5.74) is -1.61. The van der Waals surface area contributed by atoms with Crippen molar-refractivity contribution in [1.29, 1.82) is 0 Å². The molecule has 0 saturated heterocycles. The lowest BCUT2D eigenvalue weighted by Gasteiger charge is -2.19. The first-order chi connectivity index (χ1) is 11.8. The van der Waals surface area contributed by atoms with Gasteiger partial charge >= 0.3 is 6.18 Å². The number of rotatable bonds is 2. The molecule has 126 valence electrons. The summed E-state index contributed by atoms with van der Waals surface area (Å²) in [7, 11) is 0. The molecule has 2 amide bonds. The van der Waals surface area contributed by atoms with E-state index in [9.17, 15) is 22.8 Å². The van der Waals surface area contributed by atoms with Crippen LogP contribution in [0.1, 0.15) is 31.8 Å². The maximum Gasteiger partial charge on any atom is 0.407 e. The quantitative estimate of drug-likeness (QED) is 0.400. The van der Waals surface area contributed by atoms with Crippen LogP contribution < -0.4 is 4.90 Å². The molecule has 25 heavy (non-hydrogen) atoms. The molecule has 4 nitrogen and oxygen atoms in total. The largest absolute Gasteiger partial charge is 0.407 e. The van der Waals surface area contributed by atoms with Gasteiger partial charge in [-0.2, -0.15) is 13.2 Å². The number of imide groups is 1. The fourth-order valence-corrected chi connectivity index (χ4v) is 3.11. The zero-order valence-corrected chi connectivity index (χ0v) is 14.0. The highest BCUT2D eigenvalue weighted by atomic mass is 79.9. The second kappa shape index (κ2) is 6.01. The minimum absolute atomic E-state index is 0.0230. The molecule has 2 aromatic carbocycles. The SMILES string of the molecule is [C-]#[N+]c1c(CBr)cc(N2C(=O)c3ccccc3C2=O)cc1C(F)(F)F. The third kappa shape index (κ3) is 2.70. The van der Waals surface area contributed by atoms with Crippen molar-refractivity contribution in [2.24, 2.45) is 0 Å². The Morgan fingerprint density at radius 1 is 1.08 bits per heavy atom. The van der Waals surface area contributed by atoms with Crippen LogP contribution in [0, 0.1) is 6.57 Å². The van der Waals surface area contributed by atoms with E-state index in [2.05, 4.69) is 20.8 Å². The van der Waals surface area contributed by atoms with E-state index in [4.69, 9.17) is 6.57 Å². The van der Waals surface area contributed by atoms with Crippen molar-refractivity contribution in [1.82, 2.24) is 0 Å². The number of carbonyl (C=O) groups excluding carboxylic acids is 2. The zero-order valence-electron chi connectivity index (χ0n) is 12.4. The number of anilines is 1. The van der Waals surface area contributed by atoms with Crippen LogP contribution in [0.25, 0.3) is 4.85 Å². The summed E-state index contributed by atoms with van der Waals surface area (Å²) in [5.74, 6) is -1.38. The summed E-state index contributed by atoms with van der Waals surface area (Å²) in [6, 6.07) is 7.94. The molecule has 1 heterocycles. The van der Waals surface area contributed by atoms with Crippen molar-refractivity contribution in [2.45, 2.75) is 11.5 Å². The van der Waals surface area contributed by atoms with Gasteiger partial charge in [-0.3, -0.25) is 9.59 Å². The van der Waals surface area contributed by atoms with Crippen LogP contribution in [0.15, 0.2) is 36.4 Å². The molecule has 0 atom stereocenters. The fourth-order valence-electron chi connectivity index (χ4n) is 2.68. The number of hydrogen-bond acceptors (Lipinski definition) is 2. The number of hydrogen-bond donors (Lipinski definition) is 0. The average Bonchev–Trinajstić information content (AvgIpc) is 2.84. The molecule has 0 unspecified atom stereocenters. The second-order valence-corrected chi connectivity index (χ2v) is 5.80. The first kappa shape index (κ1) is 17.2. The Morgan fingerprint density at radius 2 is 1.64 bits per heavy atom. The number of carbonyl (C=O) groups is 2. The predicted molar refractivity (Wildman–Crippen MR) is 87.9 cm³/mol. The van der Waals surface area contributed by atoms with Crippen molar-refractivity contribution >= 4 is 39.1 Å². The van der Waals surface area contributed by atoms with E-state index in [0.717, 1.165) is 0 Å². The van der Waals surface area contributed by atoms with Crippen LogP contribution >= 0.6 is 15.9 Å². The van der Waals surface area contributed by atoms with Gasteiger partial charge < -0.3 is 0 Å². The van der Waals surface area contributed by atoms with E-state index in [0.29, 0.717) is 11.0 Å². The third-order valence-corrected chi connectivity index (χ3v) is 4.39. The highest BCUT2D eigenvalue weighted by Crippen LogP contribution is 2.43. The Hall–Kier alpha value is -2.66. The first-order valence-electron chi connectivity index (χ1n) is 6.95. The number of nitrogens with zero attached hydrogens (tertiary/aromatic N) is 2. The highest BCUT2D eigenvalue weighted by Gasteiger charge is 2.40. The molecular formula is C17H8BrF3N2O2. The Labute approximate surface area is 148 Å². The molecule has 0 fully saturated rings. The maximum absolute atomic E-state index is 13.3. The van der Waals surface area contributed by atoms with Gasteiger partial charge in [0.05, 0.1) is 28.9 Å². The lowest BCUT2D eigenvalue weighted by molar-refractivity contribution is -0.136. The summed E-state index contributed by atoms with van der Waals surface area (Å²) >= 11 is 3.05. The van der Waals surface area contributed by atoms with E-state index in [1.165, 1.54) is 18.2 Å². The van der Waals surface area contributed by atoms with Crippen LogP contribution in [0.3, 0.4) is 0 Å². The average molecular weight is 409 g/mol. The van der Waals surface area contributed by atoms with Crippen molar-refractivity contribution in [3.63, 3.8) is 0 Å². The maximum atomic E-state index is 13.3. The van der Waals surface area contributed by atoms with E-state index < -0.39 is 29.2 Å². The standard InChI is InChI=1S/C17H8BrF3N2O2/c1-22-14-9(8-18)6-10(7-13(14)17(19,20)21)23-15(24)11-4-2-3-5-12(11)16(23)25/h2-7H,8H2. The lowest BCUT2D eigenvalue weighted by atomic mass is 10.1. The Morgan fingerprint density at radius 3 is 2.08 bits per heavy atom. The Bertz CT molecular complexity index is 913. The van der Waals surface area contributed by atoms with Gasteiger partial charge in [0, 0.05) is 5.33 Å². The molecule has 0 aromatic heterocycles. The summed E-state index contributed by atoms with van der Waals surface area (Å²) in [6.07, 6.45) is -4.79. The van der Waals surface area contributed by atoms with E-state index in [-0.39, 0.29) is 27.7 Å². The van der Waals surface area contributed by atoms with Gasteiger partial charge in [0.15, 0.2) is 0 Å². The highest BCUT2D eigenvalue weighted by molar-refractivity contribution is 9.08. The lowest BCUT2D eigenvalue weighted by Crippen LogP contribution is -2.29. The molecule has 1 aliphatic rings. The molecule has 0 N–H and O–H groups in total. The molecule has 0 spiro atoms. The van der Waals surface area contributed by atoms with Crippen molar-refractivity contribution < 1.29 is 22.8 Å².